The summed E-state index contributed by atoms with van der Waals surface area (Å²) in [4.78, 5) is 18.0. The maximum Gasteiger partial charge on any atom is 0.256 e. The highest BCUT2D eigenvalue weighted by molar-refractivity contribution is 7.90. The zero-order chi connectivity index (χ0) is 28.6. The van der Waals surface area contributed by atoms with E-state index in [2.05, 4.69) is 35.7 Å². The van der Waals surface area contributed by atoms with E-state index < -0.39 is 15.6 Å². The summed E-state index contributed by atoms with van der Waals surface area (Å²) in [5.41, 5.74) is 2.93. The van der Waals surface area contributed by atoms with Gasteiger partial charge in [0.2, 0.25) is 0 Å². The number of aliphatic hydroxyl groups excluding tert-OH is 1. The van der Waals surface area contributed by atoms with Crippen LogP contribution in [0.5, 0.6) is 0 Å². The minimum atomic E-state index is -3.48. The molecule has 13 heteroatoms. The number of pyridine rings is 2. The summed E-state index contributed by atoms with van der Waals surface area (Å²) >= 11 is 0. The van der Waals surface area contributed by atoms with Gasteiger partial charge in [-0.2, -0.15) is 9.19 Å². The molecular formula is C28H32N8O4S. The van der Waals surface area contributed by atoms with Crippen LogP contribution in [0.15, 0.2) is 55.2 Å². The molecular weight excluding hydrogens is 544 g/mol. The van der Waals surface area contributed by atoms with E-state index in [4.69, 9.17) is 0 Å². The van der Waals surface area contributed by atoms with E-state index in [-0.39, 0.29) is 17.9 Å². The fourth-order valence-corrected chi connectivity index (χ4v) is 6.38. The first-order chi connectivity index (χ1) is 19.7. The van der Waals surface area contributed by atoms with Gasteiger partial charge >= 0.3 is 0 Å². The zero-order valence-electron chi connectivity index (χ0n) is 22.6. The molecule has 0 spiro atoms. The molecule has 0 amide bonds. The van der Waals surface area contributed by atoms with Crippen molar-refractivity contribution in [2.45, 2.75) is 68.9 Å². The van der Waals surface area contributed by atoms with Gasteiger partial charge in [0.05, 0.1) is 41.1 Å². The highest BCUT2D eigenvalue weighted by Gasteiger charge is 2.37. The number of aliphatic hydroxyl groups is 2. The van der Waals surface area contributed by atoms with E-state index in [0.29, 0.717) is 54.4 Å². The number of nitrogens with one attached hydrogen (secondary N) is 2. The number of hydrogen-bond donors (Lipinski definition) is 4. The van der Waals surface area contributed by atoms with Gasteiger partial charge in [-0.1, -0.05) is 6.07 Å². The number of nitrogens with zero attached hydrogens (tertiary/aromatic N) is 6. The molecule has 6 rings (SSSR count). The maximum atomic E-state index is 12.5. The van der Waals surface area contributed by atoms with Gasteiger partial charge in [-0.15, -0.1) is 0 Å². The van der Waals surface area contributed by atoms with Crippen molar-refractivity contribution in [3.63, 3.8) is 0 Å². The molecule has 2 fully saturated rings. The minimum absolute atomic E-state index is 0.0838. The second-order valence-electron chi connectivity index (χ2n) is 11.0. The third kappa shape index (κ3) is 6.06. The van der Waals surface area contributed by atoms with Crippen molar-refractivity contribution in [1.29, 1.82) is 0 Å². The number of hydrogen-bond acceptors (Lipinski definition) is 11. The molecule has 214 valence electrons. The summed E-state index contributed by atoms with van der Waals surface area (Å²) in [6, 6.07) is 7.46. The normalized spacial score (nSPS) is 21.0. The van der Waals surface area contributed by atoms with Crippen molar-refractivity contribution in [3.05, 3.63) is 60.8 Å². The Bertz CT molecular complexity index is 1640. The number of rotatable bonds is 9. The van der Waals surface area contributed by atoms with Crippen LogP contribution in [-0.4, -0.2) is 64.6 Å². The Morgan fingerprint density at radius 2 is 1.83 bits per heavy atom. The first-order valence-electron chi connectivity index (χ1n) is 13.6. The summed E-state index contributed by atoms with van der Waals surface area (Å²) < 4.78 is 26.0. The highest BCUT2D eigenvalue weighted by Crippen LogP contribution is 2.34. The van der Waals surface area contributed by atoms with Gasteiger partial charge < -0.3 is 20.8 Å². The standard InChI is InChI=1S/C28H32N8O4S/c1-28(38)9-6-20(7-10-28)33-24-12-26(31-15-22(24)23-5-2-18(17-37)13-30-23)34-25-8-11-29-27(35-25)19-14-32-36(16-19)41(39,40)21-3-4-21/h2,5,8,11-16,20-21,37-38H,3-4,6-7,9-10,17H2,1H3,(H2,29,31,33,34,35). The Hall–Kier alpha value is -3.94. The molecule has 0 radical (unpaired) electrons. The average Bonchev–Trinajstić information content (AvgIpc) is 3.72. The van der Waals surface area contributed by atoms with Crippen molar-refractivity contribution in [2.24, 2.45) is 0 Å². The Labute approximate surface area is 238 Å². The smallest absolute Gasteiger partial charge is 0.256 e. The van der Waals surface area contributed by atoms with Gasteiger partial charge in [-0.05, 0) is 63.1 Å². The van der Waals surface area contributed by atoms with E-state index in [1.165, 1.54) is 12.4 Å². The molecule has 0 bridgehead atoms. The Balaban J connectivity index is 1.26. The van der Waals surface area contributed by atoms with Gasteiger partial charge in [0.1, 0.15) is 11.6 Å². The molecule has 2 aliphatic rings. The fraction of sp³-hybridized carbons (Fsp3) is 0.393. The lowest BCUT2D eigenvalue weighted by Crippen LogP contribution is -2.35. The zero-order valence-corrected chi connectivity index (χ0v) is 23.4. The van der Waals surface area contributed by atoms with Gasteiger partial charge in [0.25, 0.3) is 10.0 Å². The summed E-state index contributed by atoms with van der Waals surface area (Å²) in [6.07, 6.45) is 12.2. The molecule has 41 heavy (non-hydrogen) atoms. The van der Waals surface area contributed by atoms with E-state index in [9.17, 15) is 18.6 Å². The highest BCUT2D eigenvalue weighted by atomic mass is 32.2. The van der Waals surface area contributed by atoms with Crippen LogP contribution in [0.1, 0.15) is 51.0 Å². The van der Waals surface area contributed by atoms with E-state index >= 15 is 0 Å². The van der Waals surface area contributed by atoms with Gasteiger partial charge in [0.15, 0.2) is 5.82 Å². The predicted molar refractivity (Wildman–Crippen MR) is 154 cm³/mol. The lowest BCUT2D eigenvalue weighted by molar-refractivity contribution is 0.0196. The molecule has 4 aromatic heterocycles. The van der Waals surface area contributed by atoms with E-state index in [0.717, 1.165) is 33.7 Å². The summed E-state index contributed by atoms with van der Waals surface area (Å²) in [6.45, 7) is 1.79. The van der Waals surface area contributed by atoms with Gasteiger partial charge in [0, 0.05) is 41.9 Å². The van der Waals surface area contributed by atoms with E-state index in [1.807, 2.05) is 25.1 Å². The molecule has 0 atom stereocenters. The molecule has 0 aromatic carbocycles. The SMILES string of the molecule is CC1(O)CCC(Nc2cc(Nc3ccnc(-c4cnn(S(=O)(=O)C5CC5)c4)n3)ncc2-c2ccc(CO)cn2)CC1. The van der Waals surface area contributed by atoms with Crippen LogP contribution < -0.4 is 10.6 Å². The minimum Gasteiger partial charge on any atom is -0.392 e. The van der Waals surface area contributed by atoms with E-state index in [1.54, 1.807) is 24.7 Å². The van der Waals surface area contributed by atoms with Crippen molar-refractivity contribution >= 4 is 27.3 Å². The second kappa shape index (κ2) is 10.8. The number of aromatic nitrogens is 6. The van der Waals surface area contributed by atoms with Crippen LogP contribution in [0.2, 0.25) is 0 Å². The second-order valence-corrected chi connectivity index (χ2v) is 13.0. The van der Waals surface area contributed by atoms with Crippen molar-refractivity contribution in [2.75, 3.05) is 10.6 Å². The summed E-state index contributed by atoms with van der Waals surface area (Å²) in [5.74, 6) is 1.37. The molecule has 0 unspecified atom stereocenters. The topological polar surface area (TPSA) is 168 Å². The Morgan fingerprint density at radius 3 is 2.54 bits per heavy atom. The monoisotopic (exact) mass is 576 g/mol. The third-order valence-corrected chi connectivity index (χ3v) is 9.58. The Kier molecular flexibility index (Phi) is 7.18. The molecule has 4 aromatic rings. The van der Waals surface area contributed by atoms with Crippen molar-refractivity contribution < 1.29 is 18.6 Å². The molecule has 2 aliphatic carbocycles. The van der Waals surface area contributed by atoms with Crippen LogP contribution in [0.25, 0.3) is 22.6 Å². The summed E-state index contributed by atoms with van der Waals surface area (Å²) in [5, 5.41) is 30.3. The molecule has 0 saturated heterocycles. The van der Waals surface area contributed by atoms with Crippen molar-refractivity contribution in [3.8, 4) is 22.6 Å². The summed E-state index contributed by atoms with van der Waals surface area (Å²) in [7, 11) is -3.48. The van der Waals surface area contributed by atoms with Crippen LogP contribution >= 0.6 is 0 Å². The Morgan fingerprint density at radius 1 is 1.02 bits per heavy atom. The van der Waals surface area contributed by atoms with Crippen LogP contribution in [0.4, 0.5) is 17.3 Å². The molecule has 2 saturated carbocycles. The van der Waals surface area contributed by atoms with Gasteiger partial charge in [-0.3, -0.25) is 4.98 Å². The first kappa shape index (κ1) is 27.2. The third-order valence-electron chi connectivity index (χ3n) is 7.55. The first-order valence-corrected chi connectivity index (χ1v) is 15.2. The van der Waals surface area contributed by atoms with Crippen LogP contribution in [0, 0.1) is 0 Å². The molecule has 0 aliphatic heterocycles. The maximum absolute atomic E-state index is 12.5. The van der Waals surface area contributed by atoms with Gasteiger partial charge in [-0.25, -0.2) is 23.4 Å². The lowest BCUT2D eigenvalue weighted by Gasteiger charge is -2.34. The quantitative estimate of drug-likeness (QED) is 0.230. The lowest BCUT2D eigenvalue weighted by atomic mass is 9.83. The average molecular weight is 577 g/mol. The van der Waals surface area contributed by atoms with Crippen molar-refractivity contribution in [1.82, 2.24) is 29.1 Å². The van der Waals surface area contributed by atoms with Crippen LogP contribution in [0.3, 0.4) is 0 Å². The molecule has 4 heterocycles. The predicted octanol–water partition coefficient (Wildman–Crippen LogP) is 3.48. The van der Waals surface area contributed by atoms with Crippen LogP contribution in [-0.2, 0) is 16.6 Å². The molecule has 12 nitrogen and oxygen atoms in total. The molecule has 4 N–H and O–H groups in total. The number of anilines is 3. The largest absolute Gasteiger partial charge is 0.392 e. The fourth-order valence-electron chi connectivity index (χ4n) is 4.91.